The smallest absolute Gasteiger partial charge is 0.248 e. The van der Waals surface area contributed by atoms with Gasteiger partial charge in [0.15, 0.2) is 5.43 Å². The highest BCUT2D eigenvalue weighted by molar-refractivity contribution is 5.96. The van der Waals surface area contributed by atoms with Crippen LogP contribution < -0.4 is 16.1 Å². The van der Waals surface area contributed by atoms with E-state index in [4.69, 9.17) is 5.73 Å². The van der Waals surface area contributed by atoms with Gasteiger partial charge in [-0.05, 0) is 49.7 Å². The molecule has 150 valence electrons. The van der Waals surface area contributed by atoms with Crippen molar-refractivity contribution in [2.24, 2.45) is 11.7 Å². The van der Waals surface area contributed by atoms with Crippen LogP contribution >= 0.6 is 0 Å². The number of para-hydroxylation sites is 1. The van der Waals surface area contributed by atoms with Crippen LogP contribution in [-0.4, -0.2) is 42.5 Å². The maximum atomic E-state index is 12.5. The first-order valence-corrected chi connectivity index (χ1v) is 9.94. The molecule has 1 aliphatic heterocycles. The summed E-state index contributed by atoms with van der Waals surface area (Å²) in [5, 5.41) is 0.488. The molecule has 3 aromatic rings. The van der Waals surface area contributed by atoms with Gasteiger partial charge in [-0.15, -0.1) is 0 Å². The predicted molar refractivity (Wildman–Crippen MR) is 116 cm³/mol. The van der Waals surface area contributed by atoms with E-state index < -0.39 is 5.91 Å². The van der Waals surface area contributed by atoms with Gasteiger partial charge < -0.3 is 20.5 Å². The van der Waals surface area contributed by atoms with Crippen LogP contribution in [-0.2, 0) is 6.54 Å². The van der Waals surface area contributed by atoms with E-state index in [0.29, 0.717) is 23.4 Å². The SMILES string of the molecule is CN(Cc1cc(=O)c2cc(C(N)=O)ccc2[nH]1)C[C@H]1CCN(c2ccccc2)C1. The number of fused-ring (bicyclic) bond motifs is 1. The number of carbonyl (C=O) groups is 1. The molecule has 0 saturated carbocycles. The second kappa shape index (κ2) is 8.09. The quantitative estimate of drug-likeness (QED) is 0.678. The van der Waals surface area contributed by atoms with E-state index in [9.17, 15) is 9.59 Å². The number of rotatable bonds is 6. The Morgan fingerprint density at radius 1 is 1.21 bits per heavy atom. The van der Waals surface area contributed by atoms with E-state index in [0.717, 1.165) is 30.8 Å². The molecule has 1 saturated heterocycles. The second-order valence-electron chi connectivity index (χ2n) is 7.92. The van der Waals surface area contributed by atoms with Gasteiger partial charge in [0.25, 0.3) is 0 Å². The summed E-state index contributed by atoms with van der Waals surface area (Å²) in [6.07, 6.45) is 1.17. The van der Waals surface area contributed by atoms with Crippen LogP contribution in [0.4, 0.5) is 5.69 Å². The van der Waals surface area contributed by atoms with E-state index in [1.807, 2.05) is 6.07 Å². The topological polar surface area (TPSA) is 82.4 Å². The van der Waals surface area contributed by atoms with E-state index >= 15 is 0 Å². The second-order valence-corrected chi connectivity index (χ2v) is 7.92. The molecule has 29 heavy (non-hydrogen) atoms. The lowest BCUT2D eigenvalue weighted by atomic mass is 10.1. The van der Waals surface area contributed by atoms with Crippen LogP contribution in [0, 0.1) is 5.92 Å². The highest BCUT2D eigenvalue weighted by atomic mass is 16.1. The average molecular weight is 390 g/mol. The van der Waals surface area contributed by atoms with E-state index in [-0.39, 0.29) is 5.43 Å². The number of anilines is 1. The normalized spacial score (nSPS) is 16.6. The number of benzene rings is 2. The van der Waals surface area contributed by atoms with Crippen molar-refractivity contribution in [3.8, 4) is 0 Å². The summed E-state index contributed by atoms with van der Waals surface area (Å²) < 4.78 is 0. The molecule has 1 fully saturated rings. The summed E-state index contributed by atoms with van der Waals surface area (Å²) in [6.45, 7) is 3.78. The molecular weight excluding hydrogens is 364 g/mol. The molecule has 0 bridgehead atoms. The number of pyridine rings is 1. The van der Waals surface area contributed by atoms with E-state index in [1.54, 1.807) is 24.3 Å². The highest BCUT2D eigenvalue weighted by Gasteiger charge is 2.23. The van der Waals surface area contributed by atoms with Gasteiger partial charge >= 0.3 is 0 Å². The Hall–Kier alpha value is -3.12. The van der Waals surface area contributed by atoms with E-state index in [1.165, 1.54) is 12.1 Å². The first kappa shape index (κ1) is 19.2. The lowest BCUT2D eigenvalue weighted by molar-refractivity contribution is 0.100. The molecule has 1 aliphatic rings. The van der Waals surface area contributed by atoms with Crippen molar-refractivity contribution < 1.29 is 4.79 Å². The third-order valence-electron chi connectivity index (χ3n) is 5.59. The first-order valence-electron chi connectivity index (χ1n) is 9.94. The Bertz CT molecular complexity index is 1080. The molecule has 0 unspecified atom stereocenters. The fourth-order valence-electron chi connectivity index (χ4n) is 4.19. The zero-order valence-electron chi connectivity index (χ0n) is 16.6. The summed E-state index contributed by atoms with van der Waals surface area (Å²) in [5.74, 6) is 0.0710. The monoisotopic (exact) mass is 390 g/mol. The molecule has 4 rings (SSSR count). The predicted octanol–water partition coefficient (Wildman–Crippen LogP) is 2.59. The number of nitrogens with two attached hydrogens (primary N) is 1. The highest BCUT2D eigenvalue weighted by Crippen LogP contribution is 2.24. The minimum Gasteiger partial charge on any atom is -0.371 e. The summed E-state index contributed by atoms with van der Waals surface area (Å²) in [6, 6.07) is 17.1. The molecule has 6 heteroatoms. The Kier molecular flexibility index (Phi) is 5.36. The number of nitrogens with zero attached hydrogens (tertiary/aromatic N) is 2. The minimum atomic E-state index is -0.531. The third-order valence-corrected chi connectivity index (χ3v) is 5.59. The van der Waals surface area contributed by atoms with Gasteiger partial charge in [-0.1, -0.05) is 18.2 Å². The van der Waals surface area contributed by atoms with Crippen molar-refractivity contribution in [3.63, 3.8) is 0 Å². The fraction of sp³-hybridized carbons (Fsp3) is 0.304. The first-order chi connectivity index (χ1) is 14.0. The molecule has 1 atom stereocenters. The maximum Gasteiger partial charge on any atom is 0.248 e. The molecule has 0 spiro atoms. The van der Waals surface area contributed by atoms with Crippen LogP contribution in [0.5, 0.6) is 0 Å². The average Bonchev–Trinajstić information content (AvgIpc) is 3.16. The molecule has 0 aliphatic carbocycles. The Balaban J connectivity index is 1.41. The van der Waals surface area contributed by atoms with Gasteiger partial charge in [-0.2, -0.15) is 0 Å². The molecule has 6 nitrogen and oxygen atoms in total. The Morgan fingerprint density at radius 3 is 2.76 bits per heavy atom. The van der Waals surface area contributed by atoms with Gasteiger partial charge in [0.1, 0.15) is 0 Å². The number of hydrogen-bond acceptors (Lipinski definition) is 4. The number of carbonyl (C=O) groups excluding carboxylic acids is 1. The summed E-state index contributed by atoms with van der Waals surface area (Å²) >= 11 is 0. The van der Waals surface area contributed by atoms with E-state index in [2.05, 4.69) is 46.1 Å². The summed E-state index contributed by atoms with van der Waals surface area (Å²) in [5.41, 5.74) is 8.44. The lowest BCUT2D eigenvalue weighted by Gasteiger charge is -2.22. The lowest BCUT2D eigenvalue weighted by Crippen LogP contribution is -2.28. The van der Waals surface area contributed by atoms with Crippen molar-refractivity contribution in [1.82, 2.24) is 9.88 Å². The molecule has 2 heterocycles. The van der Waals surface area contributed by atoms with Gasteiger partial charge in [0.2, 0.25) is 5.91 Å². The zero-order chi connectivity index (χ0) is 20.4. The van der Waals surface area contributed by atoms with Crippen molar-refractivity contribution in [3.05, 3.63) is 76.1 Å². The van der Waals surface area contributed by atoms with Gasteiger partial charge in [0, 0.05) is 60.1 Å². The number of H-pyrrole nitrogens is 1. The standard InChI is InChI=1S/C23H26N4O2/c1-26(13-16-9-10-27(14-16)19-5-3-2-4-6-19)15-18-12-22(28)20-11-17(23(24)29)7-8-21(20)25-18/h2-8,11-12,16H,9-10,13-15H2,1H3,(H2,24,29)(H,25,28)/t16-/m1/s1. The summed E-state index contributed by atoms with van der Waals surface area (Å²) in [4.78, 5) is 31.9. The minimum absolute atomic E-state index is 0.0960. The Labute approximate surface area is 169 Å². The number of hydrogen-bond donors (Lipinski definition) is 2. The molecule has 3 N–H and O–H groups in total. The maximum absolute atomic E-state index is 12.5. The van der Waals surface area contributed by atoms with Crippen LogP contribution in [0.25, 0.3) is 10.9 Å². The number of aromatic amines is 1. The van der Waals surface area contributed by atoms with Crippen LogP contribution in [0.1, 0.15) is 22.5 Å². The van der Waals surface area contributed by atoms with Crippen LogP contribution in [0.15, 0.2) is 59.4 Å². The van der Waals surface area contributed by atoms with Crippen LogP contribution in [0.2, 0.25) is 0 Å². The van der Waals surface area contributed by atoms with Crippen molar-refractivity contribution in [2.75, 3.05) is 31.6 Å². The molecule has 2 aromatic carbocycles. The van der Waals surface area contributed by atoms with Crippen molar-refractivity contribution >= 4 is 22.5 Å². The number of primary amides is 1. The number of aromatic nitrogens is 1. The van der Waals surface area contributed by atoms with Gasteiger partial charge in [-0.25, -0.2) is 0 Å². The molecule has 0 radical (unpaired) electrons. The van der Waals surface area contributed by atoms with Crippen LogP contribution in [0.3, 0.4) is 0 Å². The fourth-order valence-corrected chi connectivity index (χ4v) is 4.19. The largest absolute Gasteiger partial charge is 0.371 e. The molecule has 1 amide bonds. The van der Waals surface area contributed by atoms with Crippen molar-refractivity contribution in [2.45, 2.75) is 13.0 Å². The Morgan fingerprint density at radius 2 is 2.00 bits per heavy atom. The molecule has 1 aromatic heterocycles. The van der Waals surface area contributed by atoms with Gasteiger partial charge in [-0.3, -0.25) is 9.59 Å². The molecular formula is C23H26N4O2. The number of nitrogens with one attached hydrogen (secondary N) is 1. The third kappa shape index (κ3) is 4.32. The zero-order valence-corrected chi connectivity index (χ0v) is 16.6. The van der Waals surface area contributed by atoms with Gasteiger partial charge in [0.05, 0.1) is 0 Å². The summed E-state index contributed by atoms with van der Waals surface area (Å²) in [7, 11) is 2.09. The van der Waals surface area contributed by atoms with Crippen molar-refractivity contribution in [1.29, 1.82) is 0 Å². The number of amides is 1.